The van der Waals surface area contributed by atoms with Crippen LogP contribution in [0.15, 0.2) is 36.5 Å². The SMILES string of the molecule is Cn1ncc(C(=O)N2CCc3c(nn(C45CCC(C4)C5)c3-c3ccccc3)C2)c1C1CC1. The molecular weight excluding hydrogens is 398 g/mol. The Balaban J connectivity index is 1.26. The third-order valence-corrected chi connectivity index (χ3v) is 8.36. The van der Waals surface area contributed by atoms with Gasteiger partial charge in [-0.25, -0.2) is 0 Å². The van der Waals surface area contributed by atoms with Crippen molar-refractivity contribution in [2.24, 2.45) is 13.0 Å². The summed E-state index contributed by atoms with van der Waals surface area (Å²) in [6, 6.07) is 10.7. The summed E-state index contributed by atoms with van der Waals surface area (Å²) < 4.78 is 4.28. The molecular formula is C26H29N5O. The molecule has 4 fully saturated rings. The second-order valence-corrected chi connectivity index (χ2v) is 10.4. The van der Waals surface area contributed by atoms with Gasteiger partial charge in [0.2, 0.25) is 0 Å². The highest BCUT2D eigenvalue weighted by Gasteiger charge is 2.53. The fourth-order valence-electron chi connectivity index (χ4n) is 6.60. The maximum atomic E-state index is 13.5. The fourth-order valence-corrected chi connectivity index (χ4v) is 6.60. The predicted molar refractivity (Wildman–Crippen MR) is 121 cm³/mol. The fraction of sp³-hybridized carbons (Fsp3) is 0.500. The van der Waals surface area contributed by atoms with Crippen molar-refractivity contribution in [3.8, 4) is 11.3 Å². The van der Waals surface area contributed by atoms with Gasteiger partial charge in [0, 0.05) is 30.6 Å². The predicted octanol–water partition coefficient (Wildman–Crippen LogP) is 4.26. The number of carbonyl (C=O) groups excluding carboxylic acids is 1. The number of carbonyl (C=O) groups is 1. The van der Waals surface area contributed by atoms with E-state index in [4.69, 9.17) is 5.10 Å². The molecule has 5 aliphatic rings. The van der Waals surface area contributed by atoms with E-state index in [0.29, 0.717) is 12.5 Å². The first-order valence-electron chi connectivity index (χ1n) is 12.1. The number of hydrogen-bond acceptors (Lipinski definition) is 3. The zero-order chi connectivity index (χ0) is 21.4. The topological polar surface area (TPSA) is 56.0 Å². The monoisotopic (exact) mass is 427 g/mol. The summed E-state index contributed by atoms with van der Waals surface area (Å²) in [5, 5.41) is 9.63. The highest BCUT2D eigenvalue weighted by atomic mass is 16.2. The smallest absolute Gasteiger partial charge is 0.257 e. The molecule has 1 aromatic carbocycles. The van der Waals surface area contributed by atoms with Crippen LogP contribution in [0, 0.1) is 5.92 Å². The van der Waals surface area contributed by atoms with E-state index in [0.717, 1.165) is 48.7 Å². The molecule has 1 amide bonds. The van der Waals surface area contributed by atoms with Crippen molar-refractivity contribution < 1.29 is 4.79 Å². The van der Waals surface area contributed by atoms with E-state index >= 15 is 0 Å². The van der Waals surface area contributed by atoms with Crippen LogP contribution in [0.25, 0.3) is 11.3 Å². The van der Waals surface area contributed by atoms with Crippen LogP contribution >= 0.6 is 0 Å². The van der Waals surface area contributed by atoms with Crippen molar-refractivity contribution >= 4 is 5.91 Å². The molecule has 4 aliphatic carbocycles. The minimum absolute atomic E-state index is 0.115. The minimum atomic E-state index is 0.115. The van der Waals surface area contributed by atoms with Gasteiger partial charge in [0.1, 0.15) is 0 Å². The number of hydrogen-bond donors (Lipinski definition) is 0. The Morgan fingerprint density at radius 1 is 1.12 bits per heavy atom. The number of amides is 1. The van der Waals surface area contributed by atoms with Crippen LogP contribution in [0.5, 0.6) is 0 Å². The molecule has 0 spiro atoms. The molecule has 0 radical (unpaired) electrons. The average molecular weight is 428 g/mol. The molecule has 1 aliphatic heterocycles. The van der Waals surface area contributed by atoms with E-state index in [1.807, 2.05) is 16.6 Å². The third kappa shape index (κ3) is 2.61. The molecule has 6 nitrogen and oxygen atoms in total. The zero-order valence-electron chi connectivity index (χ0n) is 18.6. The first kappa shape index (κ1) is 18.7. The van der Waals surface area contributed by atoms with Gasteiger partial charge in [0.25, 0.3) is 5.91 Å². The Hall–Kier alpha value is -2.89. The van der Waals surface area contributed by atoms with Crippen molar-refractivity contribution in [1.82, 2.24) is 24.5 Å². The van der Waals surface area contributed by atoms with Crippen LogP contribution < -0.4 is 0 Å². The molecule has 164 valence electrons. The maximum Gasteiger partial charge on any atom is 0.257 e. The lowest BCUT2D eigenvalue weighted by atomic mass is 9.77. The Labute approximate surface area is 188 Å². The molecule has 2 aromatic heterocycles. The molecule has 32 heavy (non-hydrogen) atoms. The van der Waals surface area contributed by atoms with Crippen molar-refractivity contribution in [3.63, 3.8) is 0 Å². The van der Waals surface area contributed by atoms with Crippen molar-refractivity contribution in [2.45, 2.75) is 62.9 Å². The molecule has 8 rings (SSSR count). The van der Waals surface area contributed by atoms with Gasteiger partial charge in [-0.05, 0) is 50.9 Å². The van der Waals surface area contributed by atoms with Crippen LogP contribution in [-0.2, 0) is 25.6 Å². The van der Waals surface area contributed by atoms with Gasteiger partial charge in [-0.2, -0.15) is 10.2 Å². The first-order valence-corrected chi connectivity index (χ1v) is 12.1. The molecule has 0 atom stereocenters. The number of aromatic nitrogens is 4. The number of aryl methyl sites for hydroxylation is 1. The third-order valence-electron chi connectivity index (χ3n) is 8.36. The Kier molecular flexibility index (Phi) is 3.83. The molecule has 0 unspecified atom stereocenters. The summed E-state index contributed by atoms with van der Waals surface area (Å²) in [6.07, 6.45) is 10.0. The van der Waals surface area contributed by atoms with E-state index in [-0.39, 0.29) is 11.4 Å². The van der Waals surface area contributed by atoms with Crippen LogP contribution in [0.1, 0.15) is 71.8 Å². The molecule has 6 heteroatoms. The molecule has 4 saturated carbocycles. The second-order valence-electron chi connectivity index (χ2n) is 10.4. The lowest BCUT2D eigenvalue weighted by Crippen LogP contribution is -2.40. The standard InChI is InChI=1S/C26H29N5O/c1-29-23(19-7-8-19)21(15-27-29)25(32)30-12-10-20-22(16-30)28-31(26-11-9-17(13-26)14-26)24(20)18-5-3-2-4-6-18/h2-6,15,17,19H,7-14,16H2,1H3. The van der Waals surface area contributed by atoms with Crippen molar-refractivity contribution in [3.05, 3.63) is 59.0 Å². The molecule has 0 saturated heterocycles. The van der Waals surface area contributed by atoms with E-state index in [9.17, 15) is 4.79 Å². The molecule has 2 bridgehead atoms. The van der Waals surface area contributed by atoms with Gasteiger partial charge in [-0.1, -0.05) is 30.3 Å². The van der Waals surface area contributed by atoms with Gasteiger partial charge in [0.15, 0.2) is 0 Å². The van der Waals surface area contributed by atoms with Gasteiger partial charge in [-0.15, -0.1) is 0 Å². The summed E-state index contributed by atoms with van der Waals surface area (Å²) in [5.74, 6) is 1.49. The highest BCUT2D eigenvalue weighted by Crippen LogP contribution is 2.58. The number of nitrogens with zero attached hydrogens (tertiary/aromatic N) is 5. The lowest BCUT2D eigenvalue weighted by Gasteiger charge is -2.40. The Morgan fingerprint density at radius 3 is 2.66 bits per heavy atom. The lowest BCUT2D eigenvalue weighted by molar-refractivity contribution is 0.0730. The van der Waals surface area contributed by atoms with E-state index in [2.05, 4.69) is 40.1 Å². The summed E-state index contributed by atoms with van der Waals surface area (Å²) in [5.41, 5.74) is 7.09. The van der Waals surface area contributed by atoms with Gasteiger partial charge >= 0.3 is 0 Å². The number of rotatable bonds is 4. The van der Waals surface area contributed by atoms with E-state index in [1.165, 1.54) is 42.5 Å². The highest BCUT2D eigenvalue weighted by molar-refractivity contribution is 5.95. The van der Waals surface area contributed by atoms with Gasteiger partial charge in [-0.3, -0.25) is 14.2 Å². The van der Waals surface area contributed by atoms with Crippen molar-refractivity contribution in [1.29, 1.82) is 0 Å². The van der Waals surface area contributed by atoms with Crippen LogP contribution in [0.2, 0.25) is 0 Å². The summed E-state index contributed by atoms with van der Waals surface area (Å²) in [4.78, 5) is 15.5. The second kappa shape index (κ2) is 6.56. The maximum absolute atomic E-state index is 13.5. The van der Waals surface area contributed by atoms with Gasteiger partial charge < -0.3 is 4.90 Å². The Morgan fingerprint density at radius 2 is 1.94 bits per heavy atom. The summed E-state index contributed by atoms with van der Waals surface area (Å²) >= 11 is 0. The number of fused-ring (bicyclic) bond motifs is 2. The zero-order valence-corrected chi connectivity index (χ0v) is 18.6. The van der Waals surface area contributed by atoms with Crippen LogP contribution in [0.4, 0.5) is 0 Å². The largest absolute Gasteiger partial charge is 0.332 e. The van der Waals surface area contributed by atoms with Gasteiger partial charge in [0.05, 0.1) is 40.9 Å². The van der Waals surface area contributed by atoms with E-state index < -0.39 is 0 Å². The minimum Gasteiger partial charge on any atom is -0.332 e. The average Bonchev–Trinajstić information content (AvgIpc) is 3.15. The number of benzene rings is 1. The van der Waals surface area contributed by atoms with Crippen molar-refractivity contribution in [2.75, 3.05) is 6.54 Å². The molecule has 3 heterocycles. The van der Waals surface area contributed by atoms with E-state index in [1.54, 1.807) is 6.20 Å². The normalized spacial score (nSPS) is 26.2. The first-order chi connectivity index (χ1) is 15.6. The summed E-state index contributed by atoms with van der Waals surface area (Å²) in [6.45, 7) is 1.34. The summed E-state index contributed by atoms with van der Waals surface area (Å²) in [7, 11) is 1.96. The van der Waals surface area contributed by atoms with Crippen LogP contribution in [-0.4, -0.2) is 36.9 Å². The molecule has 0 N–H and O–H groups in total. The van der Waals surface area contributed by atoms with Crippen LogP contribution in [0.3, 0.4) is 0 Å². The Bertz CT molecular complexity index is 1210. The molecule has 3 aromatic rings. The quantitative estimate of drug-likeness (QED) is 0.625.